The van der Waals surface area contributed by atoms with Gasteiger partial charge < -0.3 is 15.8 Å². The standard InChI is InChI=1S/C14H14F4N4O2/c15-13(16)24-9-3-1-2-8(4-9)11-10(5-21-22-11)12(23)20-7-14(17,18)6-19/h1-5,13H,6-7,19H2,(H,20,23)(H,21,22). The van der Waals surface area contributed by atoms with Crippen molar-refractivity contribution in [1.82, 2.24) is 15.5 Å². The first kappa shape index (κ1) is 17.7. The summed E-state index contributed by atoms with van der Waals surface area (Å²) in [4.78, 5) is 12.0. The normalized spacial score (nSPS) is 11.6. The molecule has 130 valence electrons. The van der Waals surface area contributed by atoms with E-state index < -0.39 is 31.5 Å². The monoisotopic (exact) mass is 346 g/mol. The Bertz CT molecular complexity index is 706. The molecule has 6 nitrogen and oxygen atoms in total. The molecule has 0 unspecified atom stereocenters. The third kappa shape index (κ3) is 4.44. The minimum atomic E-state index is -3.23. The van der Waals surface area contributed by atoms with Crippen molar-refractivity contribution in [3.63, 3.8) is 0 Å². The summed E-state index contributed by atoms with van der Waals surface area (Å²) in [5, 5.41) is 8.27. The van der Waals surface area contributed by atoms with E-state index in [0.717, 1.165) is 6.20 Å². The molecule has 0 aliphatic rings. The van der Waals surface area contributed by atoms with Gasteiger partial charge in [0.25, 0.3) is 11.8 Å². The number of rotatable bonds is 7. The number of ether oxygens (including phenoxy) is 1. The van der Waals surface area contributed by atoms with Crippen LogP contribution in [0.25, 0.3) is 11.3 Å². The minimum Gasteiger partial charge on any atom is -0.435 e. The van der Waals surface area contributed by atoms with Gasteiger partial charge in [-0.2, -0.15) is 13.9 Å². The number of nitrogens with zero attached hydrogens (tertiary/aromatic N) is 1. The van der Waals surface area contributed by atoms with Gasteiger partial charge in [-0.25, -0.2) is 8.78 Å². The second-order valence-electron chi connectivity index (χ2n) is 4.81. The predicted molar refractivity (Wildman–Crippen MR) is 77.0 cm³/mol. The van der Waals surface area contributed by atoms with Gasteiger partial charge in [0.2, 0.25) is 0 Å². The molecule has 0 saturated carbocycles. The molecule has 1 aromatic heterocycles. The van der Waals surface area contributed by atoms with E-state index in [9.17, 15) is 22.4 Å². The van der Waals surface area contributed by atoms with Gasteiger partial charge in [-0.15, -0.1) is 0 Å². The molecule has 1 heterocycles. The number of carbonyl (C=O) groups excluding carboxylic acids is 1. The van der Waals surface area contributed by atoms with Crippen LogP contribution in [0.3, 0.4) is 0 Å². The van der Waals surface area contributed by atoms with E-state index in [1.54, 1.807) is 0 Å². The molecule has 0 fully saturated rings. The number of aromatic nitrogens is 2. The van der Waals surface area contributed by atoms with Gasteiger partial charge in [0, 0.05) is 5.56 Å². The third-order valence-electron chi connectivity index (χ3n) is 3.04. The Balaban J connectivity index is 2.19. The summed E-state index contributed by atoms with van der Waals surface area (Å²) in [5.41, 5.74) is 5.40. The van der Waals surface area contributed by atoms with E-state index in [2.05, 4.69) is 20.3 Å². The highest BCUT2D eigenvalue weighted by Crippen LogP contribution is 2.26. The largest absolute Gasteiger partial charge is 0.435 e. The summed E-state index contributed by atoms with van der Waals surface area (Å²) < 4.78 is 55.0. The Hall–Kier alpha value is -2.62. The zero-order valence-electron chi connectivity index (χ0n) is 12.2. The van der Waals surface area contributed by atoms with Crippen LogP contribution in [0.15, 0.2) is 30.5 Å². The highest BCUT2D eigenvalue weighted by atomic mass is 19.3. The molecule has 0 bridgehead atoms. The van der Waals surface area contributed by atoms with Crippen molar-refractivity contribution >= 4 is 5.91 Å². The van der Waals surface area contributed by atoms with Gasteiger partial charge in [0.15, 0.2) is 0 Å². The van der Waals surface area contributed by atoms with Crippen LogP contribution in [0.1, 0.15) is 10.4 Å². The number of H-pyrrole nitrogens is 1. The second kappa shape index (κ2) is 7.30. The van der Waals surface area contributed by atoms with Gasteiger partial charge in [0.05, 0.1) is 30.5 Å². The molecular formula is C14H14F4N4O2. The van der Waals surface area contributed by atoms with Gasteiger partial charge in [-0.1, -0.05) is 12.1 Å². The van der Waals surface area contributed by atoms with Crippen LogP contribution in [0.5, 0.6) is 5.75 Å². The number of aromatic amines is 1. The molecule has 24 heavy (non-hydrogen) atoms. The fourth-order valence-electron chi connectivity index (χ4n) is 1.88. The zero-order valence-corrected chi connectivity index (χ0v) is 12.2. The molecule has 0 atom stereocenters. The third-order valence-corrected chi connectivity index (χ3v) is 3.04. The molecule has 0 aliphatic heterocycles. The number of amides is 1. The highest BCUT2D eigenvalue weighted by molar-refractivity contribution is 5.99. The Morgan fingerprint density at radius 3 is 2.83 bits per heavy atom. The van der Waals surface area contributed by atoms with Crippen LogP contribution in [-0.4, -0.2) is 41.7 Å². The van der Waals surface area contributed by atoms with Crippen molar-refractivity contribution < 1.29 is 27.1 Å². The van der Waals surface area contributed by atoms with Crippen molar-refractivity contribution in [2.45, 2.75) is 12.5 Å². The van der Waals surface area contributed by atoms with Crippen LogP contribution >= 0.6 is 0 Å². The van der Waals surface area contributed by atoms with Crippen LogP contribution in [0, 0.1) is 0 Å². The Morgan fingerprint density at radius 2 is 2.17 bits per heavy atom. The number of nitrogens with two attached hydrogens (primary N) is 1. The lowest BCUT2D eigenvalue weighted by Crippen LogP contribution is -2.41. The summed E-state index contributed by atoms with van der Waals surface area (Å²) >= 11 is 0. The summed E-state index contributed by atoms with van der Waals surface area (Å²) in [7, 11) is 0. The zero-order chi connectivity index (χ0) is 17.7. The molecule has 0 radical (unpaired) electrons. The Labute approximate surface area is 134 Å². The topological polar surface area (TPSA) is 93.0 Å². The number of nitrogens with one attached hydrogen (secondary N) is 2. The summed E-state index contributed by atoms with van der Waals surface area (Å²) in [6.45, 7) is -4.83. The van der Waals surface area contributed by atoms with Crippen LogP contribution in [0.2, 0.25) is 0 Å². The highest BCUT2D eigenvalue weighted by Gasteiger charge is 2.28. The maximum atomic E-state index is 13.1. The molecule has 1 aromatic carbocycles. The lowest BCUT2D eigenvalue weighted by atomic mass is 10.1. The van der Waals surface area contributed by atoms with Crippen LogP contribution in [0.4, 0.5) is 17.6 Å². The molecule has 0 aliphatic carbocycles. The van der Waals surface area contributed by atoms with Gasteiger partial charge in [0.1, 0.15) is 5.75 Å². The lowest BCUT2D eigenvalue weighted by molar-refractivity contribution is -0.0498. The maximum Gasteiger partial charge on any atom is 0.387 e. The molecule has 4 N–H and O–H groups in total. The van der Waals surface area contributed by atoms with Gasteiger partial charge >= 0.3 is 6.61 Å². The number of carbonyl (C=O) groups is 1. The summed E-state index contributed by atoms with van der Waals surface area (Å²) in [6, 6.07) is 5.55. The van der Waals surface area contributed by atoms with Crippen molar-refractivity contribution in [1.29, 1.82) is 0 Å². The molecule has 10 heteroatoms. The van der Waals surface area contributed by atoms with E-state index >= 15 is 0 Å². The fourth-order valence-corrected chi connectivity index (χ4v) is 1.88. The quantitative estimate of drug-likeness (QED) is 0.669. The van der Waals surface area contributed by atoms with Crippen molar-refractivity contribution in [2.75, 3.05) is 13.1 Å². The van der Waals surface area contributed by atoms with E-state index in [1.165, 1.54) is 24.3 Å². The number of hydrogen-bond acceptors (Lipinski definition) is 4. The van der Waals surface area contributed by atoms with E-state index in [0.29, 0.717) is 5.56 Å². The molecule has 2 aromatic rings. The van der Waals surface area contributed by atoms with E-state index in [1.807, 2.05) is 0 Å². The molecule has 0 spiro atoms. The van der Waals surface area contributed by atoms with Gasteiger partial charge in [-0.3, -0.25) is 9.89 Å². The molecule has 0 saturated heterocycles. The molecule has 2 rings (SSSR count). The van der Waals surface area contributed by atoms with Crippen molar-refractivity contribution in [2.24, 2.45) is 5.73 Å². The van der Waals surface area contributed by atoms with Crippen molar-refractivity contribution in [3.05, 3.63) is 36.0 Å². The van der Waals surface area contributed by atoms with E-state index in [-0.39, 0.29) is 17.0 Å². The predicted octanol–water partition coefficient (Wildman–Crippen LogP) is 2.00. The molecular weight excluding hydrogens is 332 g/mol. The SMILES string of the molecule is NCC(F)(F)CNC(=O)c1cn[nH]c1-c1cccc(OC(F)F)c1. The average Bonchev–Trinajstić information content (AvgIpc) is 3.02. The fraction of sp³-hybridized carbons (Fsp3) is 0.286. The summed E-state index contributed by atoms with van der Waals surface area (Å²) in [6.07, 6.45) is 1.14. The Kier molecular flexibility index (Phi) is 5.39. The smallest absolute Gasteiger partial charge is 0.387 e. The van der Waals surface area contributed by atoms with Crippen LogP contribution in [-0.2, 0) is 0 Å². The lowest BCUT2D eigenvalue weighted by Gasteiger charge is -2.14. The van der Waals surface area contributed by atoms with Gasteiger partial charge in [-0.05, 0) is 12.1 Å². The number of hydrogen-bond donors (Lipinski definition) is 3. The molecule has 1 amide bonds. The average molecular weight is 346 g/mol. The number of benzene rings is 1. The summed E-state index contributed by atoms with van der Waals surface area (Å²) in [5.74, 6) is -4.14. The second-order valence-corrected chi connectivity index (χ2v) is 4.81. The minimum absolute atomic E-state index is 0.0166. The first-order chi connectivity index (χ1) is 11.3. The number of alkyl halides is 4. The first-order valence-corrected chi connectivity index (χ1v) is 6.77. The van der Waals surface area contributed by atoms with Crippen molar-refractivity contribution in [3.8, 4) is 17.0 Å². The van der Waals surface area contributed by atoms with E-state index in [4.69, 9.17) is 5.73 Å². The number of halogens is 4. The Morgan fingerprint density at radius 1 is 1.42 bits per heavy atom. The first-order valence-electron chi connectivity index (χ1n) is 6.77. The maximum absolute atomic E-state index is 13.1. The van der Waals surface area contributed by atoms with Crippen LogP contribution < -0.4 is 15.8 Å².